The molecule has 0 spiro atoms. The fourth-order valence-corrected chi connectivity index (χ4v) is 4.10. The highest BCUT2D eigenvalue weighted by atomic mass is 32.2. The van der Waals surface area contributed by atoms with E-state index in [0.29, 0.717) is 40.3 Å². The monoisotopic (exact) mass is 390 g/mol. The van der Waals surface area contributed by atoms with E-state index >= 15 is 0 Å². The van der Waals surface area contributed by atoms with E-state index in [1.54, 1.807) is 38.0 Å². The van der Waals surface area contributed by atoms with Gasteiger partial charge in [0, 0.05) is 0 Å². The molecule has 27 heavy (non-hydrogen) atoms. The first kappa shape index (κ1) is 19.3. The molecular weight excluding hydrogens is 368 g/mol. The number of fused-ring (bicyclic) bond motifs is 1. The van der Waals surface area contributed by atoms with Gasteiger partial charge >= 0.3 is 5.97 Å². The summed E-state index contributed by atoms with van der Waals surface area (Å²) in [4.78, 5) is 31.2. The molecule has 1 fully saturated rings. The minimum Gasteiger partial charge on any atom is -0.493 e. The van der Waals surface area contributed by atoms with Crippen molar-refractivity contribution in [1.82, 2.24) is 4.90 Å². The summed E-state index contributed by atoms with van der Waals surface area (Å²) in [7, 11) is 1.57. The molecule has 0 aliphatic carbocycles. The Balaban J connectivity index is 2.14. The summed E-state index contributed by atoms with van der Waals surface area (Å²) in [6.07, 6.45) is 0. The second kappa shape index (κ2) is 8.04. The molecule has 1 aromatic rings. The van der Waals surface area contributed by atoms with E-state index in [9.17, 15) is 9.59 Å². The van der Waals surface area contributed by atoms with Gasteiger partial charge in [0.2, 0.25) is 5.91 Å². The highest BCUT2D eigenvalue weighted by Crippen LogP contribution is 2.43. The molecule has 1 amide bonds. The molecule has 0 radical (unpaired) electrons. The van der Waals surface area contributed by atoms with E-state index < -0.39 is 12.0 Å². The van der Waals surface area contributed by atoms with Gasteiger partial charge in [-0.25, -0.2) is 9.79 Å². The SMILES string of the molecule is CCOC(=O)C1=C(C)N=C2SCC(=O)N2[C@@H]1c1ccc(OC)c(OCC)c1. The maximum absolute atomic E-state index is 12.7. The average Bonchev–Trinajstić information content (AvgIpc) is 3.01. The van der Waals surface area contributed by atoms with Crippen LogP contribution in [0.4, 0.5) is 0 Å². The third-order valence-corrected chi connectivity index (χ3v) is 5.22. The summed E-state index contributed by atoms with van der Waals surface area (Å²) in [6.45, 7) is 6.10. The molecule has 2 aliphatic rings. The van der Waals surface area contributed by atoms with Crippen LogP contribution in [0.3, 0.4) is 0 Å². The molecule has 144 valence electrons. The molecule has 0 saturated carbocycles. The van der Waals surface area contributed by atoms with Crippen molar-refractivity contribution in [2.45, 2.75) is 26.8 Å². The van der Waals surface area contributed by atoms with Gasteiger partial charge in [0.25, 0.3) is 0 Å². The lowest BCUT2D eigenvalue weighted by Crippen LogP contribution is -2.39. The number of nitrogens with zero attached hydrogens (tertiary/aromatic N) is 2. The number of rotatable bonds is 6. The van der Waals surface area contributed by atoms with Crippen molar-refractivity contribution in [3.05, 3.63) is 35.0 Å². The Morgan fingerprint density at radius 1 is 1.30 bits per heavy atom. The van der Waals surface area contributed by atoms with E-state index in [0.717, 1.165) is 5.56 Å². The predicted octanol–water partition coefficient (Wildman–Crippen LogP) is 2.92. The second-order valence-corrected chi connectivity index (χ2v) is 6.85. The smallest absolute Gasteiger partial charge is 0.338 e. The van der Waals surface area contributed by atoms with Crippen LogP contribution in [-0.4, -0.2) is 48.0 Å². The molecule has 7 nitrogen and oxygen atoms in total. The Kier molecular flexibility index (Phi) is 5.74. The maximum Gasteiger partial charge on any atom is 0.338 e. The molecule has 1 atom stereocenters. The van der Waals surface area contributed by atoms with Gasteiger partial charge in [-0.05, 0) is 38.5 Å². The van der Waals surface area contributed by atoms with Crippen LogP contribution in [0, 0.1) is 0 Å². The molecule has 2 aliphatic heterocycles. The van der Waals surface area contributed by atoms with Gasteiger partial charge in [-0.2, -0.15) is 0 Å². The largest absolute Gasteiger partial charge is 0.493 e. The molecule has 0 N–H and O–H groups in total. The number of hydrogen-bond donors (Lipinski definition) is 0. The minimum absolute atomic E-state index is 0.0909. The maximum atomic E-state index is 12.7. The zero-order valence-corrected chi connectivity index (χ0v) is 16.6. The third kappa shape index (κ3) is 3.53. The topological polar surface area (TPSA) is 77.4 Å². The second-order valence-electron chi connectivity index (χ2n) is 5.91. The number of allylic oxidation sites excluding steroid dienone is 1. The van der Waals surface area contributed by atoms with Crippen molar-refractivity contribution in [3.8, 4) is 11.5 Å². The van der Waals surface area contributed by atoms with Crippen LogP contribution in [0.1, 0.15) is 32.4 Å². The number of esters is 1. The molecule has 1 saturated heterocycles. The summed E-state index contributed by atoms with van der Waals surface area (Å²) >= 11 is 1.37. The van der Waals surface area contributed by atoms with Crippen molar-refractivity contribution in [3.63, 3.8) is 0 Å². The standard InChI is InChI=1S/C19H22N2O5S/c1-5-25-14-9-12(7-8-13(14)24-4)17-16(18(23)26-6-2)11(3)20-19-21(17)15(22)10-27-19/h7-9,17H,5-6,10H2,1-4H3/t17-/m1/s1. The fraction of sp³-hybridized carbons (Fsp3) is 0.421. The van der Waals surface area contributed by atoms with Gasteiger partial charge in [0.05, 0.1) is 43.4 Å². The zero-order valence-electron chi connectivity index (χ0n) is 15.8. The van der Waals surface area contributed by atoms with Gasteiger partial charge in [-0.15, -0.1) is 0 Å². The number of methoxy groups -OCH3 is 1. The highest BCUT2D eigenvalue weighted by Gasteiger charge is 2.43. The van der Waals surface area contributed by atoms with Crippen LogP contribution in [0.25, 0.3) is 0 Å². The first-order chi connectivity index (χ1) is 13.0. The lowest BCUT2D eigenvalue weighted by Gasteiger charge is -2.33. The van der Waals surface area contributed by atoms with Crippen molar-refractivity contribution in [2.24, 2.45) is 4.99 Å². The summed E-state index contributed by atoms with van der Waals surface area (Å²) < 4.78 is 16.3. The van der Waals surface area contributed by atoms with E-state index in [-0.39, 0.29) is 12.5 Å². The first-order valence-electron chi connectivity index (χ1n) is 8.73. The lowest BCUT2D eigenvalue weighted by atomic mass is 9.94. The number of aliphatic imine (C=N–C) groups is 1. The molecule has 8 heteroatoms. The number of benzene rings is 1. The molecule has 0 unspecified atom stereocenters. The molecule has 0 aromatic heterocycles. The Morgan fingerprint density at radius 3 is 2.74 bits per heavy atom. The van der Waals surface area contributed by atoms with Crippen molar-refractivity contribution in [2.75, 3.05) is 26.1 Å². The van der Waals surface area contributed by atoms with Crippen LogP contribution in [0.15, 0.2) is 34.5 Å². The summed E-state index contributed by atoms with van der Waals surface area (Å²) in [5.41, 5.74) is 1.66. The summed E-state index contributed by atoms with van der Waals surface area (Å²) in [5, 5.41) is 0.601. The predicted molar refractivity (Wildman–Crippen MR) is 103 cm³/mol. The quantitative estimate of drug-likeness (QED) is 0.695. The van der Waals surface area contributed by atoms with Gasteiger partial charge in [-0.3, -0.25) is 9.69 Å². The molecule has 1 aromatic carbocycles. The summed E-state index contributed by atoms with van der Waals surface area (Å²) in [6, 6.07) is 4.80. The number of carbonyl (C=O) groups excluding carboxylic acids is 2. The number of ether oxygens (including phenoxy) is 3. The van der Waals surface area contributed by atoms with Crippen LogP contribution >= 0.6 is 11.8 Å². The molecule has 2 heterocycles. The number of hydrogen-bond acceptors (Lipinski definition) is 7. The third-order valence-electron chi connectivity index (χ3n) is 4.28. The zero-order chi connectivity index (χ0) is 19.6. The van der Waals surface area contributed by atoms with Crippen molar-refractivity contribution >= 4 is 28.8 Å². The number of amides is 1. The van der Waals surface area contributed by atoms with Gasteiger partial charge < -0.3 is 14.2 Å². The van der Waals surface area contributed by atoms with E-state index in [2.05, 4.69) is 4.99 Å². The minimum atomic E-state index is -0.607. The van der Waals surface area contributed by atoms with Crippen molar-refractivity contribution < 1.29 is 23.8 Å². The average molecular weight is 390 g/mol. The number of amidine groups is 1. The van der Waals surface area contributed by atoms with Gasteiger partial charge in [0.15, 0.2) is 16.7 Å². The van der Waals surface area contributed by atoms with E-state index in [1.165, 1.54) is 11.8 Å². The lowest BCUT2D eigenvalue weighted by molar-refractivity contribution is -0.139. The first-order valence-corrected chi connectivity index (χ1v) is 9.72. The van der Waals surface area contributed by atoms with Crippen LogP contribution in [0.5, 0.6) is 11.5 Å². The molecular formula is C19H22N2O5S. The summed E-state index contributed by atoms with van der Waals surface area (Å²) in [5.74, 6) is 0.883. The Labute approximate surface area is 162 Å². The van der Waals surface area contributed by atoms with Crippen LogP contribution in [-0.2, 0) is 14.3 Å². The van der Waals surface area contributed by atoms with Gasteiger partial charge in [-0.1, -0.05) is 17.8 Å². The molecule has 0 bridgehead atoms. The molecule has 3 rings (SSSR count). The Hall–Kier alpha value is -2.48. The van der Waals surface area contributed by atoms with Crippen molar-refractivity contribution in [1.29, 1.82) is 0 Å². The number of carbonyl (C=O) groups is 2. The van der Waals surface area contributed by atoms with Crippen LogP contribution in [0.2, 0.25) is 0 Å². The Morgan fingerprint density at radius 2 is 2.07 bits per heavy atom. The normalized spacial score (nSPS) is 19.0. The van der Waals surface area contributed by atoms with Gasteiger partial charge in [0.1, 0.15) is 0 Å². The Bertz CT molecular complexity index is 833. The van der Waals surface area contributed by atoms with E-state index in [1.807, 2.05) is 13.0 Å². The number of thioether (sulfide) groups is 1. The fourth-order valence-electron chi connectivity index (χ4n) is 3.16. The highest BCUT2D eigenvalue weighted by molar-refractivity contribution is 8.15. The van der Waals surface area contributed by atoms with E-state index in [4.69, 9.17) is 14.2 Å². The van der Waals surface area contributed by atoms with Crippen LogP contribution < -0.4 is 9.47 Å².